The molecule has 0 radical (unpaired) electrons. The van der Waals surface area contributed by atoms with E-state index in [-0.39, 0.29) is 0 Å². The predicted octanol–water partition coefficient (Wildman–Crippen LogP) is 5.85. The Morgan fingerprint density at radius 3 is 2.00 bits per heavy atom. The van der Waals surface area contributed by atoms with Crippen LogP contribution in [0.1, 0.15) is 0 Å². The average Bonchev–Trinajstić information content (AvgIpc) is 3.26. The lowest BCUT2D eigenvalue weighted by Gasteiger charge is -2.23. The normalized spacial score (nSPS) is 10.9. The molecule has 28 heavy (non-hydrogen) atoms. The molecule has 0 aliphatic heterocycles. The van der Waals surface area contributed by atoms with E-state index in [2.05, 4.69) is 55.4 Å². The number of furan rings is 1. The Bertz CT molecular complexity index is 1100. The minimum Gasteiger partial charge on any atom is -0.493 e. The Balaban J connectivity index is 2.16. The highest BCUT2D eigenvalue weighted by Gasteiger charge is 2.19. The first-order valence-electron chi connectivity index (χ1n) is 9.12. The van der Waals surface area contributed by atoms with Gasteiger partial charge in [0.1, 0.15) is 0 Å². The zero-order chi connectivity index (χ0) is 19.7. The minimum atomic E-state index is 0.705. The number of benzene rings is 3. The molecule has 0 saturated carbocycles. The number of hydrogen-bond donors (Lipinski definition) is 0. The smallest absolute Gasteiger partial charge is 0.161 e. The molecule has 0 spiro atoms. The lowest BCUT2D eigenvalue weighted by atomic mass is 9.91. The summed E-state index contributed by atoms with van der Waals surface area (Å²) < 4.78 is 16.5. The van der Waals surface area contributed by atoms with Crippen LogP contribution in [0.3, 0.4) is 0 Å². The molecule has 0 aliphatic carbocycles. The van der Waals surface area contributed by atoms with Gasteiger partial charge in [-0.2, -0.15) is 0 Å². The van der Waals surface area contributed by atoms with E-state index in [4.69, 9.17) is 13.9 Å². The van der Waals surface area contributed by atoms with E-state index in [1.165, 1.54) is 0 Å². The maximum absolute atomic E-state index is 5.59. The standard InChI is InChI=1S/C24H23NO3/c1-25(2)24-19(16-8-6-5-7-9-16)12-18(17-10-11-28-15-17)20-13-22(26-3)23(27-4)14-21(20)24/h5-15H,1-4H3. The summed E-state index contributed by atoms with van der Waals surface area (Å²) in [5.41, 5.74) is 5.57. The SMILES string of the molecule is COc1cc2c(-c3ccoc3)cc(-c3ccccc3)c(N(C)C)c2cc1OC. The zero-order valence-corrected chi connectivity index (χ0v) is 16.5. The highest BCUT2D eigenvalue weighted by molar-refractivity contribution is 6.10. The van der Waals surface area contributed by atoms with Crippen molar-refractivity contribution in [2.75, 3.05) is 33.2 Å². The molecule has 0 fully saturated rings. The predicted molar refractivity (Wildman–Crippen MR) is 115 cm³/mol. The molecule has 0 unspecified atom stereocenters. The molecule has 0 saturated heterocycles. The molecule has 4 nitrogen and oxygen atoms in total. The monoisotopic (exact) mass is 373 g/mol. The van der Waals surface area contributed by atoms with Crippen molar-refractivity contribution in [3.63, 3.8) is 0 Å². The number of ether oxygens (including phenoxy) is 2. The molecule has 0 aliphatic rings. The van der Waals surface area contributed by atoms with Crippen LogP contribution in [0.2, 0.25) is 0 Å². The van der Waals surface area contributed by atoms with Gasteiger partial charge in [-0.1, -0.05) is 30.3 Å². The van der Waals surface area contributed by atoms with Crippen LogP contribution in [0, 0.1) is 0 Å². The van der Waals surface area contributed by atoms with Crippen molar-refractivity contribution in [3.05, 3.63) is 67.1 Å². The molecule has 0 bridgehead atoms. The van der Waals surface area contributed by atoms with Crippen molar-refractivity contribution >= 4 is 16.5 Å². The number of hydrogen-bond acceptors (Lipinski definition) is 4. The van der Waals surface area contributed by atoms with Crippen LogP contribution >= 0.6 is 0 Å². The van der Waals surface area contributed by atoms with Gasteiger partial charge < -0.3 is 18.8 Å². The van der Waals surface area contributed by atoms with Gasteiger partial charge in [-0.25, -0.2) is 0 Å². The van der Waals surface area contributed by atoms with Crippen molar-refractivity contribution in [1.82, 2.24) is 0 Å². The summed E-state index contributed by atoms with van der Waals surface area (Å²) in [6, 6.07) is 18.7. The number of rotatable bonds is 5. The third kappa shape index (κ3) is 2.97. The van der Waals surface area contributed by atoms with Gasteiger partial charge >= 0.3 is 0 Å². The van der Waals surface area contributed by atoms with Crippen LogP contribution < -0.4 is 14.4 Å². The fourth-order valence-electron chi connectivity index (χ4n) is 3.71. The molecular weight excluding hydrogens is 350 g/mol. The third-order valence-electron chi connectivity index (χ3n) is 4.98. The maximum atomic E-state index is 5.59. The van der Waals surface area contributed by atoms with Gasteiger partial charge in [0.05, 0.1) is 32.4 Å². The van der Waals surface area contributed by atoms with Gasteiger partial charge in [-0.3, -0.25) is 0 Å². The summed E-state index contributed by atoms with van der Waals surface area (Å²) in [5.74, 6) is 1.42. The van der Waals surface area contributed by atoms with Crippen LogP contribution in [0.25, 0.3) is 33.0 Å². The fourth-order valence-corrected chi connectivity index (χ4v) is 3.71. The number of nitrogens with zero attached hydrogens (tertiary/aromatic N) is 1. The summed E-state index contributed by atoms with van der Waals surface area (Å²) in [6.07, 6.45) is 3.47. The number of methoxy groups -OCH3 is 2. The van der Waals surface area contributed by atoms with Crippen molar-refractivity contribution in [2.45, 2.75) is 0 Å². The minimum absolute atomic E-state index is 0.705. The summed E-state index contributed by atoms with van der Waals surface area (Å²) in [5, 5.41) is 2.18. The van der Waals surface area contributed by atoms with Crippen molar-refractivity contribution in [1.29, 1.82) is 0 Å². The van der Waals surface area contributed by atoms with Gasteiger partial charge in [0, 0.05) is 30.6 Å². The summed E-state index contributed by atoms with van der Waals surface area (Å²) in [4.78, 5) is 2.15. The quantitative estimate of drug-likeness (QED) is 0.439. The van der Waals surface area contributed by atoms with Gasteiger partial charge in [0.25, 0.3) is 0 Å². The number of anilines is 1. The zero-order valence-electron chi connectivity index (χ0n) is 16.5. The van der Waals surface area contributed by atoms with Crippen molar-refractivity contribution in [2.24, 2.45) is 0 Å². The Labute approximate surface area is 164 Å². The summed E-state index contributed by atoms with van der Waals surface area (Å²) in [6.45, 7) is 0. The molecule has 4 rings (SSSR count). The highest BCUT2D eigenvalue weighted by Crippen LogP contribution is 2.45. The largest absolute Gasteiger partial charge is 0.493 e. The van der Waals surface area contributed by atoms with E-state index in [9.17, 15) is 0 Å². The second-order valence-corrected chi connectivity index (χ2v) is 6.85. The molecule has 142 valence electrons. The Hall–Kier alpha value is -3.40. The Morgan fingerprint density at radius 1 is 0.750 bits per heavy atom. The van der Waals surface area contributed by atoms with Crippen LogP contribution in [0.4, 0.5) is 5.69 Å². The van der Waals surface area contributed by atoms with Crippen molar-refractivity contribution in [3.8, 4) is 33.8 Å². The molecule has 4 heteroatoms. The molecule has 3 aromatic carbocycles. The Kier molecular flexibility index (Phi) is 4.70. The fraction of sp³-hybridized carbons (Fsp3) is 0.167. The van der Waals surface area contributed by atoms with E-state index in [1.807, 2.05) is 18.2 Å². The molecule has 0 N–H and O–H groups in total. The van der Waals surface area contributed by atoms with Crippen LogP contribution in [-0.4, -0.2) is 28.3 Å². The van der Waals surface area contributed by atoms with E-state index >= 15 is 0 Å². The Morgan fingerprint density at radius 2 is 1.43 bits per heavy atom. The van der Waals surface area contributed by atoms with E-state index in [0.29, 0.717) is 11.5 Å². The first-order valence-corrected chi connectivity index (χ1v) is 9.12. The first kappa shape index (κ1) is 18.0. The van der Waals surface area contributed by atoms with E-state index < -0.39 is 0 Å². The molecule has 1 heterocycles. The van der Waals surface area contributed by atoms with Gasteiger partial charge in [-0.05, 0) is 40.8 Å². The van der Waals surface area contributed by atoms with E-state index in [0.717, 1.165) is 38.7 Å². The highest BCUT2D eigenvalue weighted by atomic mass is 16.5. The first-order chi connectivity index (χ1) is 13.6. The number of fused-ring (bicyclic) bond motifs is 1. The van der Waals surface area contributed by atoms with E-state index in [1.54, 1.807) is 26.7 Å². The van der Waals surface area contributed by atoms with Crippen LogP contribution in [-0.2, 0) is 0 Å². The topological polar surface area (TPSA) is 34.8 Å². The summed E-state index contributed by atoms with van der Waals surface area (Å²) in [7, 11) is 7.45. The summed E-state index contributed by atoms with van der Waals surface area (Å²) >= 11 is 0. The van der Waals surface area contributed by atoms with Gasteiger partial charge in [-0.15, -0.1) is 0 Å². The molecular formula is C24H23NO3. The molecule has 0 atom stereocenters. The van der Waals surface area contributed by atoms with Gasteiger partial charge in [0.2, 0.25) is 0 Å². The molecule has 4 aromatic rings. The lowest BCUT2D eigenvalue weighted by Crippen LogP contribution is -2.11. The molecule has 0 amide bonds. The van der Waals surface area contributed by atoms with Gasteiger partial charge in [0.15, 0.2) is 11.5 Å². The average molecular weight is 373 g/mol. The van der Waals surface area contributed by atoms with Crippen molar-refractivity contribution < 1.29 is 13.9 Å². The maximum Gasteiger partial charge on any atom is 0.161 e. The second kappa shape index (κ2) is 7.31. The van der Waals surface area contributed by atoms with Crippen LogP contribution in [0.15, 0.2) is 71.5 Å². The molecule has 1 aromatic heterocycles. The lowest BCUT2D eigenvalue weighted by molar-refractivity contribution is 0.356. The van der Waals surface area contributed by atoms with Crippen LogP contribution in [0.5, 0.6) is 11.5 Å². The third-order valence-corrected chi connectivity index (χ3v) is 4.98. The second-order valence-electron chi connectivity index (χ2n) is 6.85.